The summed E-state index contributed by atoms with van der Waals surface area (Å²) in [5.41, 5.74) is 5.87. The topological polar surface area (TPSA) is 36.9 Å². The second-order valence-corrected chi connectivity index (χ2v) is 7.80. The average Bonchev–Trinajstić information content (AvgIpc) is 2.91. The highest BCUT2D eigenvalue weighted by atomic mass is 16.5. The Balaban J connectivity index is 1.90. The van der Waals surface area contributed by atoms with Crippen LogP contribution in [0, 0.1) is 6.07 Å². The molecule has 0 bridgehead atoms. The van der Waals surface area contributed by atoms with Gasteiger partial charge in [-0.05, 0) is 47.4 Å². The molecule has 0 saturated carbocycles. The Bertz CT molecular complexity index is 1210. The summed E-state index contributed by atoms with van der Waals surface area (Å²) in [6, 6.07) is 29.6. The monoisotopic (exact) mass is 453 g/mol. The summed E-state index contributed by atoms with van der Waals surface area (Å²) in [4.78, 5) is 0. The molecule has 1 radical (unpaired) electrons. The maximum atomic E-state index is 6.46. The molecule has 0 aliphatic carbocycles. The Morgan fingerprint density at radius 3 is 1.76 bits per heavy atom. The molecule has 34 heavy (non-hydrogen) atoms. The van der Waals surface area contributed by atoms with Crippen molar-refractivity contribution in [2.45, 2.75) is 20.0 Å². The molecule has 4 heteroatoms. The fourth-order valence-corrected chi connectivity index (χ4v) is 3.97. The van der Waals surface area contributed by atoms with E-state index < -0.39 is 0 Å². The Labute approximate surface area is 201 Å². The lowest BCUT2D eigenvalue weighted by Gasteiger charge is -2.22. The number of hydrogen-bond acceptors (Lipinski definition) is 4. The first-order valence-corrected chi connectivity index (χ1v) is 11.3. The molecule has 0 aliphatic rings. The van der Waals surface area contributed by atoms with Gasteiger partial charge in [0.05, 0.1) is 26.9 Å². The minimum absolute atomic E-state index is 0.454. The zero-order chi connectivity index (χ0) is 23.9. The Morgan fingerprint density at radius 1 is 0.647 bits per heavy atom. The van der Waals surface area contributed by atoms with Crippen LogP contribution >= 0.6 is 0 Å². The van der Waals surface area contributed by atoms with Crippen LogP contribution in [0.5, 0.6) is 23.0 Å². The van der Waals surface area contributed by atoms with Crippen molar-refractivity contribution >= 4 is 0 Å². The van der Waals surface area contributed by atoms with Gasteiger partial charge in [-0.2, -0.15) is 0 Å². The number of aryl methyl sites for hydroxylation is 1. The van der Waals surface area contributed by atoms with E-state index in [1.54, 1.807) is 21.3 Å². The maximum Gasteiger partial charge on any atom is 0.138 e. The second kappa shape index (κ2) is 10.8. The third-order valence-corrected chi connectivity index (χ3v) is 5.77. The first-order valence-electron chi connectivity index (χ1n) is 11.3. The Hall–Kier alpha value is -3.92. The lowest BCUT2D eigenvalue weighted by atomic mass is 9.92. The van der Waals surface area contributed by atoms with Crippen LogP contribution in [0.15, 0.2) is 78.9 Å². The summed E-state index contributed by atoms with van der Waals surface area (Å²) < 4.78 is 23.2. The molecule has 4 nitrogen and oxygen atoms in total. The standard InChI is InChI=1S/C30H29O4/c1-5-22-19-27(23-11-15-25(31-2)16-12-23)30(33-4)28(24-13-17-26(32-3)18-14-24)29(22)34-20-21-9-7-6-8-10-21/h6-18H,5,20H2,1-4H3. The predicted octanol–water partition coefficient (Wildman–Crippen LogP) is 6.99. The molecular weight excluding hydrogens is 424 g/mol. The molecule has 0 spiro atoms. The van der Waals surface area contributed by atoms with Crippen LogP contribution in [0.1, 0.15) is 18.1 Å². The normalized spacial score (nSPS) is 10.6. The maximum absolute atomic E-state index is 6.46. The van der Waals surface area contributed by atoms with E-state index in [1.165, 1.54) is 0 Å². The van der Waals surface area contributed by atoms with E-state index in [-0.39, 0.29) is 0 Å². The average molecular weight is 454 g/mol. The molecule has 4 aromatic rings. The van der Waals surface area contributed by atoms with Crippen LogP contribution in [-0.4, -0.2) is 21.3 Å². The summed E-state index contributed by atoms with van der Waals surface area (Å²) in [6.45, 7) is 2.57. The van der Waals surface area contributed by atoms with Crippen molar-refractivity contribution in [3.05, 3.63) is 96.1 Å². The molecule has 0 fully saturated rings. The quantitative estimate of drug-likeness (QED) is 0.274. The number of rotatable bonds is 9. The van der Waals surface area contributed by atoms with Crippen LogP contribution in [0.4, 0.5) is 0 Å². The molecule has 0 N–H and O–H groups in total. The zero-order valence-electron chi connectivity index (χ0n) is 20.1. The van der Waals surface area contributed by atoms with Gasteiger partial charge in [0.2, 0.25) is 0 Å². The fraction of sp³-hybridized carbons (Fsp3) is 0.200. The number of benzene rings is 4. The third kappa shape index (κ3) is 4.86. The Morgan fingerprint density at radius 2 is 1.24 bits per heavy atom. The lowest BCUT2D eigenvalue weighted by Crippen LogP contribution is -2.04. The summed E-state index contributed by atoms with van der Waals surface area (Å²) >= 11 is 0. The molecule has 4 aromatic carbocycles. The number of methoxy groups -OCH3 is 3. The zero-order valence-corrected chi connectivity index (χ0v) is 20.1. The molecule has 173 valence electrons. The smallest absolute Gasteiger partial charge is 0.138 e. The minimum atomic E-state index is 0.454. The predicted molar refractivity (Wildman–Crippen MR) is 136 cm³/mol. The molecule has 0 amide bonds. The summed E-state index contributed by atoms with van der Waals surface area (Å²) in [5, 5.41) is 0. The van der Waals surface area contributed by atoms with Gasteiger partial charge in [0.25, 0.3) is 0 Å². The molecular formula is C30H29O4. The van der Waals surface area contributed by atoms with Crippen molar-refractivity contribution in [1.29, 1.82) is 0 Å². The summed E-state index contributed by atoms with van der Waals surface area (Å²) in [7, 11) is 5.02. The highest BCUT2D eigenvalue weighted by molar-refractivity contribution is 5.88. The van der Waals surface area contributed by atoms with Gasteiger partial charge >= 0.3 is 0 Å². The third-order valence-electron chi connectivity index (χ3n) is 5.77. The van der Waals surface area contributed by atoms with Crippen LogP contribution in [-0.2, 0) is 13.0 Å². The highest BCUT2D eigenvalue weighted by Crippen LogP contribution is 2.47. The molecule has 0 heterocycles. The van der Waals surface area contributed by atoms with Crippen molar-refractivity contribution in [3.63, 3.8) is 0 Å². The van der Waals surface area contributed by atoms with E-state index in [1.807, 2.05) is 66.7 Å². The Kier molecular flexibility index (Phi) is 7.38. The van der Waals surface area contributed by atoms with Crippen LogP contribution in [0.2, 0.25) is 0 Å². The van der Waals surface area contributed by atoms with Crippen LogP contribution in [0.25, 0.3) is 22.3 Å². The van der Waals surface area contributed by atoms with E-state index in [2.05, 4.69) is 25.1 Å². The van der Waals surface area contributed by atoms with Gasteiger partial charge in [-0.25, -0.2) is 0 Å². The van der Waals surface area contributed by atoms with Crippen LogP contribution < -0.4 is 18.9 Å². The molecule has 0 aliphatic heterocycles. The van der Waals surface area contributed by atoms with E-state index in [9.17, 15) is 0 Å². The van der Waals surface area contributed by atoms with E-state index in [0.29, 0.717) is 6.61 Å². The van der Waals surface area contributed by atoms with Crippen molar-refractivity contribution < 1.29 is 18.9 Å². The van der Waals surface area contributed by atoms with E-state index in [4.69, 9.17) is 18.9 Å². The van der Waals surface area contributed by atoms with Gasteiger partial charge in [0.15, 0.2) is 0 Å². The van der Waals surface area contributed by atoms with Crippen molar-refractivity contribution in [2.75, 3.05) is 21.3 Å². The van der Waals surface area contributed by atoms with Crippen molar-refractivity contribution in [1.82, 2.24) is 0 Å². The van der Waals surface area contributed by atoms with Gasteiger partial charge in [0.1, 0.15) is 29.6 Å². The van der Waals surface area contributed by atoms with Gasteiger partial charge in [-0.3, -0.25) is 0 Å². The number of hydrogen-bond donors (Lipinski definition) is 0. The van der Waals surface area contributed by atoms with Crippen molar-refractivity contribution in [2.24, 2.45) is 0 Å². The molecule has 0 saturated heterocycles. The van der Waals surface area contributed by atoms with Gasteiger partial charge in [-0.1, -0.05) is 61.5 Å². The second-order valence-electron chi connectivity index (χ2n) is 7.80. The van der Waals surface area contributed by atoms with Crippen molar-refractivity contribution in [3.8, 4) is 45.3 Å². The number of ether oxygens (including phenoxy) is 4. The first kappa shape index (κ1) is 23.2. The SMILES string of the molecule is CCc1[c]c(-c2ccc(OC)cc2)c(OC)c(-c2ccc(OC)cc2)c1OCc1ccccc1. The van der Waals surface area contributed by atoms with Gasteiger partial charge < -0.3 is 18.9 Å². The lowest BCUT2D eigenvalue weighted by molar-refractivity contribution is 0.302. The molecule has 0 unspecified atom stereocenters. The van der Waals surface area contributed by atoms with Crippen LogP contribution in [0.3, 0.4) is 0 Å². The minimum Gasteiger partial charge on any atom is -0.497 e. The molecule has 0 aromatic heterocycles. The fourth-order valence-electron chi connectivity index (χ4n) is 3.97. The van der Waals surface area contributed by atoms with E-state index >= 15 is 0 Å². The first-order chi connectivity index (χ1) is 16.7. The summed E-state index contributed by atoms with van der Waals surface area (Å²) in [6.07, 6.45) is 0.764. The largest absolute Gasteiger partial charge is 0.497 e. The summed E-state index contributed by atoms with van der Waals surface area (Å²) in [5.74, 6) is 3.10. The van der Waals surface area contributed by atoms with Gasteiger partial charge in [0, 0.05) is 17.2 Å². The highest BCUT2D eigenvalue weighted by Gasteiger charge is 2.23. The molecule has 0 atom stereocenters. The van der Waals surface area contributed by atoms with E-state index in [0.717, 1.165) is 62.8 Å². The molecule has 4 rings (SSSR count). The van der Waals surface area contributed by atoms with Gasteiger partial charge in [-0.15, -0.1) is 0 Å².